The number of hydrogen-bond donors (Lipinski definition) is 1. The molecule has 0 aliphatic carbocycles. The van der Waals surface area contributed by atoms with Crippen LogP contribution in [0.3, 0.4) is 0 Å². The van der Waals surface area contributed by atoms with Gasteiger partial charge in [0.15, 0.2) is 0 Å². The highest BCUT2D eigenvalue weighted by Gasteiger charge is 2.37. The summed E-state index contributed by atoms with van der Waals surface area (Å²) in [5, 5.41) is 0. The number of nitrogens with one attached hydrogen (secondary N) is 1. The first-order chi connectivity index (χ1) is 14.8. The molecule has 3 heterocycles. The molecule has 0 saturated carbocycles. The molecule has 1 unspecified atom stereocenters. The smallest absolute Gasteiger partial charge is 0.269 e. The van der Waals surface area contributed by atoms with Crippen LogP contribution in [0, 0.1) is 0 Å². The van der Waals surface area contributed by atoms with Crippen LogP contribution in [-0.4, -0.2) is 58.7 Å². The molecular weight excluding hydrogens is 414 g/mol. The van der Waals surface area contributed by atoms with Crippen LogP contribution in [0.25, 0.3) is 11.3 Å². The second-order valence-corrected chi connectivity index (χ2v) is 9.94. The summed E-state index contributed by atoms with van der Waals surface area (Å²) in [6.07, 6.45) is 5.67. The van der Waals surface area contributed by atoms with Gasteiger partial charge in [-0.2, -0.15) is 4.31 Å². The Balaban J connectivity index is 1.67. The quantitative estimate of drug-likeness (QED) is 0.659. The maximum Gasteiger partial charge on any atom is 0.269 e. The topological polar surface area (TPSA) is 91.3 Å². The Morgan fingerprint density at radius 3 is 2.65 bits per heavy atom. The summed E-state index contributed by atoms with van der Waals surface area (Å²) in [4.78, 5) is 21.8. The number of benzene rings is 1. The van der Waals surface area contributed by atoms with Crippen molar-refractivity contribution in [3.63, 3.8) is 0 Å². The fourth-order valence-electron chi connectivity index (χ4n) is 3.99. The first kappa shape index (κ1) is 21.3. The average molecular weight is 442 g/mol. The van der Waals surface area contributed by atoms with Gasteiger partial charge in [0, 0.05) is 33.9 Å². The molecule has 0 bridgehead atoms. The lowest BCUT2D eigenvalue weighted by Crippen LogP contribution is -2.38. The number of hydrogen-bond acceptors (Lipinski definition) is 4. The van der Waals surface area contributed by atoms with Gasteiger partial charge in [-0.15, -0.1) is 0 Å². The van der Waals surface area contributed by atoms with E-state index in [-0.39, 0.29) is 16.8 Å². The number of aromatic nitrogens is 3. The molecule has 2 aromatic heterocycles. The summed E-state index contributed by atoms with van der Waals surface area (Å²) in [6, 6.07) is 10.9. The van der Waals surface area contributed by atoms with Gasteiger partial charge in [0.2, 0.25) is 10.0 Å². The van der Waals surface area contributed by atoms with Crippen molar-refractivity contribution >= 4 is 15.9 Å². The number of rotatable bonds is 5. The summed E-state index contributed by atoms with van der Waals surface area (Å²) < 4.78 is 30.2. The second-order valence-electron chi connectivity index (χ2n) is 8.05. The predicted molar refractivity (Wildman–Crippen MR) is 118 cm³/mol. The van der Waals surface area contributed by atoms with E-state index >= 15 is 0 Å². The molecule has 3 aromatic rings. The molecule has 1 aliphatic heterocycles. The third-order valence-electron chi connectivity index (χ3n) is 5.66. The number of H-pyrrole nitrogens is 1. The standard InChI is InChI=1S/C22H27N5O3S/c1-25(2)22(28)20-13-17(15-26(20)3)31(29,30)27-12-8-7-11-19(27)21-23-14-18(24-21)16-9-5-4-6-10-16/h4-6,9-10,13-15,19H,7-8,11-12H2,1-3H3,(H,23,24). The first-order valence-electron chi connectivity index (χ1n) is 10.3. The molecule has 0 spiro atoms. The van der Waals surface area contributed by atoms with E-state index in [0.29, 0.717) is 24.5 Å². The molecular formula is C22H27N5O3S. The number of aromatic amines is 1. The largest absolute Gasteiger partial charge is 0.345 e. The number of carbonyl (C=O) groups excluding carboxylic acids is 1. The van der Waals surface area contributed by atoms with Crippen molar-refractivity contribution < 1.29 is 13.2 Å². The van der Waals surface area contributed by atoms with E-state index in [4.69, 9.17) is 0 Å². The van der Waals surface area contributed by atoms with Crippen molar-refractivity contribution in [2.75, 3.05) is 20.6 Å². The number of sulfonamides is 1. The summed E-state index contributed by atoms with van der Waals surface area (Å²) in [5.74, 6) is 0.403. The van der Waals surface area contributed by atoms with Crippen LogP contribution in [0.4, 0.5) is 0 Å². The van der Waals surface area contributed by atoms with Crippen LogP contribution in [0.2, 0.25) is 0 Å². The number of aryl methyl sites for hydroxylation is 1. The molecule has 1 aliphatic rings. The zero-order chi connectivity index (χ0) is 22.2. The van der Waals surface area contributed by atoms with E-state index in [1.54, 1.807) is 31.9 Å². The van der Waals surface area contributed by atoms with Gasteiger partial charge in [-0.05, 0) is 24.5 Å². The molecule has 8 nitrogen and oxygen atoms in total. The Kier molecular flexibility index (Phi) is 5.72. The summed E-state index contributed by atoms with van der Waals surface area (Å²) in [7, 11) is 1.18. The highest BCUT2D eigenvalue weighted by molar-refractivity contribution is 7.89. The molecule has 1 saturated heterocycles. The number of carbonyl (C=O) groups is 1. The van der Waals surface area contributed by atoms with Crippen LogP contribution < -0.4 is 0 Å². The minimum absolute atomic E-state index is 0.127. The lowest BCUT2D eigenvalue weighted by molar-refractivity contribution is 0.0818. The van der Waals surface area contributed by atoms with E-state index in [9.17, 15) is 13.2 Å². The molecule has 1 fully saturated rings. The fraction of sp³-hybridized carbons (Fsp3) is 0.364. The van der Waals surface area contributed by atoms with Gasteiger partial charge in [0.05, 0.1) is 17.9 Å². The van der Waals surface area contributed by atoms with Crippen LogP contribution in [0.15, 0.2) is 53.7 Å². The van der Waals surface area contributed by atoms with Crippen molar-refractivity contribution in [3.05, 3.63) is 60.3 Å². The number of nitrogens with zero attached hydrogens (tertiary/aromatic N) is 4. The lowest BCUT2D eigenvalue weighted by atomic mass is 10.0. The monoisotopic (exact) mass is 441 g/mol. The zero-order valence-corrected chi connectivity index (χ0v) is 18.8. The molecule has 1 atom stereocenters. The highest BCUT2D eigenvalue weighted by Crippen LogP contribution is 2.35. The van der Waals surface area contributed by atoms with Gasteiger partial charge in [-0.1, -0.05) is 36.8 Å². The van der Waals surface area contributed by atoms with Crippen molar-refractivity contribution in [3.8, 4) is 11.3 Å². The first-order valence-corrected chi connectivity index (χ1v) is 11.7. The van der Waals surface area contributed by atoms with E-state index in [1.807, 2.05) is 30.3 Å². The van der Waals surface area contributed by atoms with E-state index in [1.165, 1.54) is 21.5 Å². The Hall–Kier alpha value is -2.91. The van der Waals surface area contributed by atoms with Crippen molar-refractivity contribution in [1.29, 1.82) is 0 Å². The molecule has 4 rings (SSSR count). The van der Waals surface area contributed by atoms with Crippen molar-refractivity contribution in [2.45, 2.75) is 30.2 Å². The Morgan fingerprint density at radius 2 is 1.94 bits per heavy atom. The lowest BCUT2D eigenvalue weighted by Gasteiger charge is -2.33. The fourth-order valence-corrected chi connectivity index (χ4v) is 5.72. The maximum atomic E-state index is 13.6. The van der Waals surface area contributed by atoms with Crippen LogP contribution in [-0.2, 0) is 17.1 Å². The van der Waals surface area contributed by atoms with Gasteiger partial charge in [0.1, 0.15) is 16.4 Å². The highest BCUT2D eigenvalue weighted by atomic mass is 32.2. The van der Waals surface area contributed by atoms with Crippen LogP contribution in [0.1, 0.15) is 41.6 Å². The summed E-state index contributed by atoms with van der Waals surface area (Å²) >= 11 is 0. The van der Waals surface area contributed by atoms with Crippen LogP contribution >= 0.6 is 0 Å². The van der Waals surface area contributed by atoms with Crippen LogP contribution in [0.5, 0.6) is 0 Å². The van der Waals surface area contributed by atoms with Gasteiger partial charge in [-0.3, -0.25) is 4.79 Å². The van der Waals surface area contributed by atoms with Gasteiger partial charge in [0.25, 0.3) is 5.91 Å². The van der Waals surface area contributed by atoms with Gasteiger partial charge >= 0.3 is 0 Å². The van der Waals surface area contributed by atoms with Crippen molar-refractivity contribution in [2.24, 2.45) is 7.05 Å². The molecule has 9 heteroatoms. The molecule has 164 valence electrons. The summed E-state index contributed by atoms with van der Waals surface area (Å²) in [6.45, 7) is 0.417. The molecule has 0 radical (unpaired) electrons. The summed E-state index contributed by atoms with van der Waals surface area (Å²) in [5.41, 5.74) is 2.19. The van der Waals surface area contributed by atoms with E-state index in [0.717, 1.165) is 24.1 Å². The number of amides is 1. The van der Waals surface area contributed by atoms with E-state index in [2.05, 4.69) is 9.97 Å². The van der Waals surface area contributed by atoms with Crippen molar-refractivity contribution in [1.82, 2.24) is 23.7 Å². The van der Waals surface area contributed by atoms with E-state index < -0.39 is 10.0 Å². The minimum atomic E-state index is -3.79. The molecule has 1 N–H and O–H groups in total. The predicted octanol–water partition coefficient (Wildman–Crippen LogP) is 3.03. The maximum absolute atomic E-state index is 13.6. The molecule has 1 amide bonds. The average Bonchev–Trinajstić information content (AvgIpc) is 3.41. The number of piperidine rings is 1. The number of imidazole rings is 1. The Bertz CT molecular complexity index is 1180. The third kappa shape index (κ3) is 4.03. The SMILES string of the molecule is CN(C)C(=O)c1cc(S(=O)(=O)N2CCCCC2c2ncc(-c3ccccc3)[nH]2)cn1C. The second kappa shape index (κ2) is 8.32. The third-order valence-corrected chi connectivity index (χ3v) is 7.53. The zero-order valence-electron chi connectivity index (χ0n) is 17.9. The Morgan fingerprint density at radius 1 is 1.19 bits per heavy atom. The van der Waals surface area contributed by atoms with Gasteiger partial charge in [-0.25, -0.2) is 13.4 Å². The molecule has 31 heavy (non-hydrogen) atoms. The minimum Gasteiger partial charge on any atom is -0.345 e. The molecule has 1 aromatic carbocycles. The Labute approximate surface area is 182 Å². The van der Waals surface area contributed by atoms with Gasteiger partial charge < -0.3 is 14.5 Å². The normalized spacial score (nSPS) is 17.6.